The van der Waals surface area contributed by atoms with Gasteiger partial charge in [0.25, 0.3) is 0 Å². The average Bonchev–Trinajstić information content (AvgIpc) is 3.58. The number of ether oxygens (including phenoxy) is 2. The molecule has 4 heterocycles. The van der Waals surface area contributed by atoms with Gasteiger partial charge in [0.05, 0.1) is 48.2 Å². The van der Waals surface area contributed by atoms with Crippen molar-refractivity contribution >= 4 is 39.3 Å². The van der Waals surface area contributed by atoms with E-state index < -0.39 is 40.8 Å². The van der Waals surface area contributed by atoms with Crippen LogP contribution in [0.3, 0.4) is 0 Å². The number of hydrogen-bond donors (Lipinski definition) is 2. The van der Waals surface area contributed by atoms with Gasteiger partial charge >= 0.3 is 6.18 Å². The van der Waals surface area contributed by atoms with Gasteiger partial charge in [-0.1, -0.05) is 24.3 Å². The topological polar surface area (TPSA) is 99.4 Å². The Labute approximate surface area is 269 Å². The van der Waals surface area contributed by atoms with Gasteiger partial charge in [0.2, 0.25) is 5.91 Å². The van der Waals surface area contributed by atoms with E-state index in [1.54, 1.807) is 17.7 Å². The highest BCUT2D eigenvalue weighted by Crippen LogP contribution is 2.48. The lowest BCUT2D eigenvalue weighted by Crippen LogP contribution is -2.58. The Hall–Kier alpha value is -5.08. The summed E-state index contributed by atoms with van der Waals surface area (Å²) in [4.78, 5) is 30.4. The zero-order valence-electron chi connectivity index (χ0n) is 25.7. The van der Waals surface area contributed by atoms with Crippen LogP contribution in [-0.4, -0.2) is 57.7 Å². The van der Waals surface area contributed by atoms with Crippen LogP contribution in [0.15, 0.2) is 61.1 Å². The van der Waals surface area contributed by atoms with Gasteiger partial charge in [0.15, 0.2) is 11.5 Å². The highest BCUT2D eigenvalue weighted by Gasteiger charge is 2.39. The van der Waals surface area contributed by atoms with E-state index in [1.807, 2.05) is 6.92 Å². The molecule has 248 valence electrons. The van der Waals surface area contributed by atoms with Gasteiger partial charge in [-0.2, -0.15) is 13.2 Å². The first-order valence-corrected chi connectivity index (χ1v) is 15.0. The van der Waals surface area contributed by atoms with Crippen molar-refractivity contribution in [3.05, 3.63) is 89.4 Å². The van der Waals surface area contributed by atoms with Crippen LogP contribution in [-0.2, 0) is 29.3 Å². The molecule has 2 aliphatic heterocycles. The third-order valence-electron chi connectivity index (χ3n) is 8.58. The third kappa shape index (κ3) is 5.40. The Bertz CT molecular complexity index is 2140. The molecule has 9 nitrogen and oxygen atoms in total. The molecule has 0 radical (unpaired) electrons. The predicted molar refractivity (Wildman–Crippen MR) is 167 cm³/mol. The van der Waals surface area contributed by atoms with Crippen LogP contribution in [0.25, 0.3) is 33.1 Å². The molecule has 0 spiro atoms. The quantitative estimate of drug-likeness (QED) is 0.126. The molecule has 7 rings (SSSR count). The maximum Gasteiger partial charge on any atom is 0.417 e. The maximum absolute atomic E-state index is 15.2. The lowest BCUT2D eigenvalue weighted by molar-refractivity contribution is -0.137. The number of anilines is 1. The van der Waals surface area contributed by atoms with Crippen LogP contribution in [0.4, 0.5) is 27.6 Å². The normalized spacial score (nSPS) is 15.6. The van der Waals surface area contributed by atoms with E-state index in [1.165, 1.54) is 35.3 Å². The number of fused-ring (bicyclic) bond motifs is 4. The number of halogens is 5. The summed E-state index contributed by atoms with van der Waals surface area (Å²) in [6.45, 7) is 3.49. The van der Waals surface area contributed by atoms with Crippen LogP contribution >= 0.6 is 0 Å². The number of aryl methyl sites for hydroxylation is 1. The number of aromatic nitrogens is 3. The summed E-state index contributed by atoms with van der Waals surface area (Å²) >= 11 is 0. The molecule has 48 heavy (non-hydrogen) atoms. The summed E-state index contributed by atoms with van der Waals surface area (Å²) in [5.41, 5.74) is -1.39. The number of rotatable bonds is 7. The van der Waals surface area contributed by atoms with Crippen molar-refractivity contribution < 1.29 is 41.0 Å². The predicted octanol–water partition coefficient (Wildman–Crippen LogP) is 5.99. The molecule has 2 aliphatic rings. The maximum atomic E-state index is 15.2. The molecule has 1 fully saturated rings. The molecule has 0 aliphatic carbocycles. The highest BCUT2D eigenvalue weighted by atomic mass is 19.4. The molecule has 1 saturated heterocycles. The second-order valence-electron chi connectivity index (χ2n) is 12.1. The highest BCUT2D eigenvalue weighted by molar-refractivity contribution is 6.18. The monoisotopic (exact) mass is 665 g/mol. The Morgan fingerprint density at radius 3 is 2.56 bits per heavy atom. The van der Waals surface area contributed by atoms with Crippen molar-refractivity contribution in [3.63, 3.8) is 0 Å². The van der Waals surface area contributed by atoms with E-state index >= 15 is 8.78 Å². The Morgan fingerprint density at radius 1 is 1.12 bits per heavy atom. The van der Waals surface area contributed by atoms with E-state index in [2.05, 4.69) is 15.6 Å². The number of carbonyl (C=O) groups is 2. The van der Waals surface area contributed by atoms with Crippen LogP contribution in [0, 0.1) is 11.6 Å². The zero-order valence-corrected chi connectivity index (χ0v) is 25.7. The molecule has 0 unspecified atom stereocenters. The second kappa shape index (κ2) is 11.6. The first-order valence-electron chi connectivity index (χ1n) is 15.0. The standard InChI is InChI=1S/C34H28F5N5O4/c1-33(15-47-16-33)41-8-4-7-26(45)42-28-23(35)11-18(12-24(28)36)31(46)21-14-44-9-10-48-32-27(20-6-3-5-19(21)30(20)44)22(34(37,38)39)13-25-29(32)40-17-43(25)2/h3-7,11-14,17,41H,8-10,15-16H2,1-2H3,(H,42,45)/b7-4+. The first-order chi connectivity index (χ1) is 22.8. The fourth-order valence-corrected chi connectivity index (χ4v) is 6.16. The minimum atomic E-state index is -4.76. The first kappa shape index (κ1) is 31.5. The smallest absolute Gasteiger partial charge is 0.417 e. The molecule has 0 saturated carbocycles. The van der Waals surface area contributed by atoms with Crippen LogP contribution in [0.2, 0.25) is 0 Å². The fraction of sp³-hybridized carbons (Fsp3) is 0.265. The van der Waals surface area contributed by atoms with Crippen LogP contribution in [0.5, 0.6) is 5.75 Å². The number of hydrogen-bond acceptors (Lipinski definition) is 6. The second-order valence-corrected chi connectivity index (χ2v) is 12.1. The Kier molecular flexibility index (Phi) is 7.59. The van der Waals surface area contributed by atoms with E-state index in [4.69, 9.17) is 9.47 Å². The van der Waals surface area contributed by atoms with Gasteiger partial charge in [-0.3, -0.25) is 9.59 Å². The molecule has 2 N–H and O–H groups in total. The molecule has 0 atom stereocenters. The Morgan fingerprint density at radius 2 is 1.88 bits per heavy atom. The number of nitrogens with one attached hydrogen (secondary N) is 2. The number of carbonyl (C=O) groups excluding carboxylic acids is 2. The zero-order chi connectivity index (χ0) is 34.0. The van der Waals surface area contributed by atoms with E-state index in [9.17, 15) is 22.8 Å². The van der Waals surface area contributed by atoms with Gasteiger partial charge in [0, 0.05) is 53.5 Å². The summed E-state index contributed by atoms with van der Waals surface area (Å²) in [6, 6.07) is 7.23. The van der Waals surface area contributed by atoms with Gasteiger partial charge in [0.1, 0.15) is 29.4 Å². The van der Waals surface area contributed by atoms with E-state index in [0.717, 1.165) is 24.3 Å². The number of imidazole rings is 1. The van der Waals surface area contributed by atoms with Gasteiger partial charge in [-0.15, -0.1) is 0 Å². The minimum Gasteiger partial charge on any atom is -0.489 e. The van der Waals surface area contributed by atoms with Gasteiger partial charge < -0.3 is 29.2 Å². The molecular formula is C34H28F5N5O4. The van der Waals surface area contributed by atoms with Crippen molar-refractivity contribution in [1.29, 1.82) is 0 Å². The van der Waals surface area contributed by atoms with Crippen LogP contribution in [0.1, 0.15) is 28.4 Å². The Balaban J connectivity index is 1.24. The summed E-state index contributed by atoms with van der Waals surface area (Å²) < 4.78 is 88.2. The third-order valence-corrected chi connectivity index (χ3v) is 8.58. The van der Waals surface area contributed by atoms with Crippen molar-refractivity contribution in [2.75, 3.05) is 31.7 Å². The van der Waals surface area contributed by atoms with Crippen molar-refractivity contribution in [2.45, 2.75) is 25.2 Å². The number of benzene rings is 3. The summed E-state index contributed by atoms with van der Waals surface area (Å²) in [6.07, 6.45) is 0.735. The molecule has 1 amide bonds. The average molecular weight is 666 g/mol. The SMILES string of the molecule is Cn1cnc2c3c(c(C(F)(F)F)cc21)-c1cccc2c(C(=O)c4cc(F)c(NC(=O)/C=C/CNC5(C)COC5)c(F)c4)cn(c12)CCO3. The van der Waals surface area contributed by atoms with Crippen molar-refractivity contribution in [1.82, 2.24) is 19.4 Å². The number of amides is 1. The molecular weight excluding hydrogens is 637 g/mol. The molecule has 5 aromatic rings. The van der Waals surface area contributed by atoms with Gasteiger partial charge in [-0.25, -0.2) is 13.8 Å². The molecule has 0 bridgehead atoms. The van der Waals surface area contributed by atoms with Crippen LogP contribution < -0.4 is 15.4 Å². The van der Waals surface area contributed by atoms with Gasteiger partial charge in [-0.05, 0) is 25.1 Å². The lowest BCUT2D eigenvalue weighted by atomic mass is 9.93. The lowest BCUT2D eigenvalue weighted by Gasteiger charge is -2.38. The number of ketones is 1. The number of alkyl halides is 3. The minimum absolute atomic E-state index is 0.0246. The molecule has 2 aromatic heterocycles. The van der Waals surface area contributed by atoms with E-state index in [0.29, 0.717) is 30.7 Å². The summed E-state index contributed by atoms with van der Waals surface area (Å²) in [5.74, 6) is -3.90. The fourth-order valence-electron chi connectivity index (χ4n) is 6.16. The number of nitrogens with zero attached hydrogens (tertiary/aromatic N) is 3. The molecule has 14 heteroatoms. The van der Waals surface area contributed by atoms with Crippen molar-refractivity contribution in [2.24, 2.45) is 7.05 Å². The summed E-state index contributed by atoms with van der Waals surface area (Å²) in [5, 5.41) is 5.65. The summed E-state index contributed by atoms with van der Waals surface area (Å²) in [7, 11) is 1.59. The molecule has 3 aromatic carbocycles. The number of para-hydroxylation sites is 1. The van der Waals surface area contributed by atoms with E-state index in [-0.39, 0.29) is 57.7 Å². The largest absolute Gasteiger partial charge is 0.489 e. The van der Waals surface area contributed by atoms with Crippen molar-refractivity contribution in [3.8, 4) is 16.9 Å².